The molecule has 0 unspecified atom stereocenters. The van der Waals surface area contributed by atoms with Crippen molar-refractivity contribution in [2.75, 3.05) is 7.11 Å². The van der Waals surface area contributed by atoms with Crippen LogP contribution in [0.4, 0.5) is 0 Å². The Balaban J connectivity index is 2.43. The van der Waals surface area contributed by atoms with Gasteiger partial charge in [-0.05, 0) is 24.3 Å². The first-order chi connectivity index (χ1) is 6.83. The van der Waals surface area contributed by atoms with E-state index >= 15 is 0 Å². The number of fused-ring (bicyclic) bond motifs is 1. The highest BCUT2D eigenvalue weighted by molar-refractivity contribution is 5.79. The normalized spacial score (nSPS) is 10.7. The number of benzene rings is 1. The van der Waals surface area contributed by atoms with Gasteiger partial charge in [0.2, 0.25) is 0 Å². The van der Waals surface area contributed by atoms with Crippen LogP contribution in [0.5, 0.6) is 5.75 Å². The quantitative estimate of drug-likeness (QED) is 0.755. The Kier molecular flexibility index (Phi) is 2.39. The Morgan fingerprint density at radius 3 is 2.93 bits per heavy atom. The van der Waals surface area contributed by atoms with Gasteiger partial charge in [-0.25, -0.2) is 5.90 Å². The molecule has 0 fully saturated rings. The van der Waals surface area contributed by atoms with Gasteiger partial charge in [0, 0.05) is 5.39 Å². The molecule has 0 aliphatic carbocycles. The molecule has 1 aromatic heterocycles. The van der Waals surface area contributed by atoms with Crippen molar-refractivity contribution in [3.05, 3.63) is 30.0 Å². The molecule has 2 N–H and O–H groups in total. The van der Waals surface area contributed by atoms with E-state index in [9.17, 15) is 0 Å². The van der Waals surface area contributed by atoms with Crippen LogP contribution < -0.4 is 10.6 Å². The Hall–Kier alpha value is -1.52. The minimum Gasteiger partial charge on any atom is -0.497 e. The van der Waals surface area contributed by atoms with Crippen molar-refractivity contribution in [3.8, 4) is 5.75 Å². The van der Waals surface area contributed by atoms with Gasteiger partial charge in [0.25, 0.3) is 0 Å². The summed E-state index contributed by atoms with van der Waals surface area (Å²) >= 11 is 0. The predicted molar refractivity (Wildman–Crippen MR) is 51.7 cm³/mol. The van der Waals surface area contributed by atoms with Crippen LogP contribution in [-0.4, -0.2) is 7.11 Å². The minimum absolute atomic E-state index is 0.275. The lowest BCUT2D eigenvalue weighted by Crippen LogP contribution is -1.96. The Bertz CT molecular complexity index is 436. The molecule has 1 heterocycles. The van der Waals surface area contributed by atoms with Crippen molar-refractivity contribution in [1.82, 2.24) is 0 Å². The number of methoxy groups -OCH3 is 1. The van der Waals surface area contributed by atoms with Crippen LogP contribution in [0.1, 0.15) is 5.76 Å². The molecule has 4 nitrogen and oxygen atoms in total. The number of furan rings is 1. The summed E-state index contributed by atoms with van der Waals surface area (Å²) in [7, 11) is 1.63. The molecule has 4 heteroatoms. The maximum absolute atomic E-state index is 5.45. The van der Waals surface area contributed by atoms with Crippen molar-refractivity contribution < 1.29 is 14.0 Å². The van der Waals surface area contributed by atoms with Gasteiger partial charge < -0.3 is 9.15 Å². The summed E-state index contributed by atoms with van der Waals surface area (Å²) in [6.07, 6.45) is 0. The van der Waals surface area contributed by atoms with Crippen molar-refractivity contribution >= 4 is 11.0 Å². The highest BCUT2D eigenvalue weighted by atomic mass is 16.6. The molecule has 0 amide bonds. The summed E-state index contributed by atoms with van der Waals surface area (Å²) in [5, 5.41) is 0.983. The Morgan fingerprint density at radius 1 is 1.36 bits per heavy atom. The molecular weight excluding hydrogens is 182 g/mol. The number of hydrogen-bond donors (Lipinski definition) is 1. The number of hydrogen-bond acceptors (Lipinski definition) is 4. The third-order valence-corrected chi connectivity index (χ3v) is 2.00. The van der Waals surface area contributed by atoms with Crippen LogP contribution in [0.15, 0.2) is 28.7 Å². The van der Waals surface area contributed by atoms with Gasteiger partial charge >= 0.3 is 0 Å². The maximum Gasteiger partial charge on any atom is 0.134 e. The monoisotopic (exact) mass is 193 g/mol. The van der Waals surface area contributed by atoms with Crippen molar-refractivity contribution in [2.45, 2.75) is 6.61 Å². The summed E-state index contributed by atoms with van der Waals surface area (Å²) in [6.45, 7) is 0.275. The van der Waals surface area contributed by atoms with Crippen molar-refractivity contribution in [3.63, 3.8) is 0 Å². The zero-order chi connectivity index (χ0) is 9.97. The van der Waals surface area contributed by atoms with Crippen molar-refractivity contribution in [2.24, 2.45) is 5.90 Å². The smallest absolute Gasteiger partial charge is 0.134 e. The number of rotatable bonds is 3. The fourth-order valence-corrected chi connectivity index (χ4v) is 1.36. The largest absolute Gasteiger partial charge is 0.497 e. The van der Waals surface area contributed by atoms with Crippen LogP contribution in [0.3, 0.4) is 0 Å². The van der Waals surface area contributed by atoms with Gasteiger partial charge in [-0.15, -0.1) is 0 Å². The first-order valence-electron chi connectivity index (χ1n) is 4.21. The molecule has 0 aliphatic heterocycles. The predicted octanol–water partition coefficient (Wildman–Crippen LogP) is 1.83. The lowest BCUT2D eigenvalue weighted by Gasteiger charge is -1.96. The number of nitrogens with two attached hydrogens (primary N) is 1. The van der Waals surface area contributed by atoms with Crippen LogP contribution in [0.2, 0.25) is 0 Å². The average Bonchev–Trinajstić information content (AvgIpc) is 2.59. The van der Waals surface area contributed by atoms with Gasteiger partial charge in [-0.3, -0.25) is 4.84 Å². The van der Waals surface area contributed by atoms with Gasteiger partial charge in [-0.2, -0.15) is 0 Å². The van der Waals surface area contributed by atoms with E-state index in [1.54, 1.807) is 7.11 Å². The molecule has 0 radical (unpaired) electrons. The second-order valence-electron chi connectivity index (χ2n) is 2.93. The number of ether oxygens (including phenoxy) is 1. The Labute approximate surface area is 81.2 Å². The minimum atomic E-state index is 0.275. The fraction of sp³-hybridized carbons (Fsp3) is 0.200. The molecule has 2 aromatic rings. The van der Waals surface area contributed by atoms with Crippen LogP contribution in [0.25, 0.3) is 11.0 Å². The SMILES string of the molecule is COc1ccc2oc(CON)cc2c1. The summed E-state index contributed by atoms with van der Waals surface area (Å²) < 4.78 is 10.5. The lowest BCUT2D eigenvalue weighted by atomic mass is 10.2. The van der Waals surface area contributed by atoms with E-state index < -0.39 is 0 Å². The molecule has 0 aliphatic rings. The van der Waals surface area contributed by atoms with E-state index in [1.165, 1.54) is 0 Å². The molecule has 0 spiro atoms. The Morgan fingerprint density at radius 2 is 2.21 bits per heavy atom. The molecule has 14 heavy (non-hydrogen) atoms. The summed E-state index contributed by atoms with van der Waals surface area (Å²) in [6, 6.07) is 7.48. The van der Waals surface area contributed by atoms with E-state index in [0.717, 1.165) is 16.7 Å². The lowest BCUT2D eigenvalue weighted by molar-refractivity contribution is 0.110. The molecule has 0 atom stereocenters. The maximum atomic E-state index is 5.45. The zero-order valence-corrected chi connectivity index (χ0v) is 7.82. The third-order valence-electron chi connectivity index (χ3n) is 2.00. The highest BCUT2D eigenvalue weighted by Gasteiger charge is 2.04. The van der Waals surface area contributed by atoms with Crippen LogP contribution in [0, 0.1) is 0 Å². The summed E-state index contributed by atoms with van der Waals surface area (Å²) in [5.41, 5.74) is 0.804. The summed E-state index contributed by atoms with van der Waals surface area (Å²) in [5.74, 6) is 6.46. The second-order valence-corrected chi connectivity index (χ2v) is 2.93. The first-order valence-corrected chi connectivity index (χ1v) is 4.21. The van der Waals surface area contributed by atoms with Gasteiger partial charge in [0.1, 0.15) is 23.7 Å². The molecule has 74 valence electrons. The molecule has 0 saturated carbocycles. The van der Waals surface area contributed by atoms with E-state index in [1.807, 2.05) is 24.3 Å². The van der Waals surface area contributed by atoms with E-state index in [0.29, 0.717) is 5.76 Å². The van der Waals surface area contributed by atoms with Gasteiger partial charge in [0.15, 0.2) is 0 Å². The van der Waals surface area contributed by atoms with Crippen LogP contribution >= 0.6 is 0 Å². The average molecular weight is 193 g/mol. The molecule has 0 bridgehead atoms. The molecule has 0 saturated heterocycles. The zero-order valence-electron chi connectivity index (χ0n) is 7.82. The van der Waals surface area contributed by atoms with Gasteiger partial charge in [0.05, 0.1) is 7.11 Å². The summed E-state index contributed by atoms with van der Waals surface area (Å²) in [4.78, 5) is 4.49. The van der Waals surface area contributed by atoms with Crippen molar-refractivity contribution in [1.29, 1.82) is 0 Å². The highest BCUT2D eigenvalue weighted by Crippen LogP contribution is 2.24. The van der Waals surface area contributed by atoms with E-state index in [2.05, 4.69) is 4.84 Å². The molecule has 2 rings (SSSR count). The van der Waals surface area contributed by atoms with E-state index in [4.69, 9.17) is 15.1 Å². The van der Waals surface area contributed by atoms with Crippen LogP contribution in [-0.2, 0) is 11.4 Å². The molecular formula is C10H11NO3. The third kappa shape index (κ3) is 1.57. The standard InChI is InChI=1S/C10H11NO3/c1-12-8-2-3-10-7(4-8)5-9(14-10)6-13-11/h2-5H,6,11H2,1H3. The molecule has 1 aromatic carbocycles. The second kappa shape index (κ2) is 3.69. The van der Waals surface area contributed by atoms with E-state index in [-0.39, 0.29) is 6.61 Å². The van der Waals surface area contributed by atoms with Gasteiger partial charge in [-0.1, -0.05) is 0 Å². The fourth-order valence-electron chi connectivity index (χ4n) is 1.36. The topological polar surface area (TPSA) is 57.6 Å². The first kappa shape index (κ1) is 9.05.